The van der Waals surface area contributed by atoms with Crippen molar-refractivity contribution in [2.24, 2.45) is 0 Å². The number of para-hydroxylation sites is 1. The highest BCUT2D eigenvalue weighted by Gasteiger charge is 2.31. The molecule has 0 fully saturated rings. The number of hydrogen-bond acceptors (Lipinski definition) is 4. The van der Waals surface area contributed by atoms with Gasteiger partial charge in [0.05, 0.1) is 0 Å². The van der Waals surface area contributed by atoms with Crippen molar-refractivity contribution in [3.8, 4) is 5.75 Å². The molecule has 1 aromatic rings. The van der Waals surface area contributed by atoms with Crippen LogP contribution in [-0.4, -0.2) is 29.6 Å². The Morgan fingerprint density at radius 2 is 2.00 bits per heavy atom. The lowest BCUT2D eigenvalue weighted by Gasteiger charge is -2.23. The molecule has 0 aliphatic carbocycles. The zero-order valence-corrected chi connectivity index (χ0v) is 12.8. The maximum Gasteiger partial charge on any atom is 0.328 e. The summed E-state index contributed by atoms with van der Waals surface area (Å²) in [7, 11) is 0. The van der Waals surface area contributed by atoms with Crippen molar-refractivity contribution in [2.75, 3.05) is 0 Å². The number of hydrogen-bond donors (Lipinski definition) is 1. The van der Waals surface area contributed by atoms with E-state index in [0.717, 1.165) is 11.3 Å². The van der Waals surface area contributed by atoms with E-state index in [1.807, 2.05) is 24.3 Å². The maximum absolute atomic E-state index is 12.2. The molecule has 1 aromatic carbocycles. The Hall–Kier alpha value is -2.04. The van der Waals surface area contributed by atoms with Gasteiger partial charge in [0.1, 0.15) is 17.4 Å². The quantitative estimate of drug-likeness (QED) is 0.863. The lowest BCUT2D eigenvalue weighted by atomic mass is 10.1. The van der Waals surface area contributed by atoms with Gasteiger partial charge >= 0.3 is 5.97 Å². The topological polar surface area (TPSA) is 64.6 Å². The fraction of sp³-hybridized carbons (Fsp3) is 0.500. The van der Waals surface area contributed by atoms with Crippen molar-refractivity contribution < 1.29 is 19.1 Å². The Balaban J connectivity index is 1.90. The first-order valence-corrected chi connectivity index (χ1v) is 7.04. The molecule has 0 aromatic heterocycles. The van der Waals surface area contributed by atoms with Crippen LogP contribution in [0.1, 0.15) is 33.3 Å². The van der Waals surface area contributed by atoms with E-state index in [1.54, 1.807) is 27.7 Å². The lowest BCUT2D eigenvalue weighted by molar-refractivity contribution is -0.158. The molecule has 21 heavy (non-hydrogen) atoms. The molecule has 1 N–H and O–H groups in total. The van der Waals surface area contributed by atoms with Gasteiger partial charge in [0.15, 0.2) is 6.10 Å². The highest BCUT2D eigenvalue weighted by atomic mass is 16.6. The Kier molecular flexibility index (Phi) is 4.21. The number of carbonyl (C=O) groups is 2. The third-order valence-corrected chi connectivity index (χ3v) is 3.06. The molecule has 1 unspecified atom stereocenters. The smallest absolute Gasteiger partial charge is 0.328 e. The summed E-state index contributed by atoms with van der Waals surface area (Å²) in [6, 6.07) is 6.83. The molecule has 5 heteroatoms. The number of fused-ring (bicyclic) bond motifs is 1. The van der Waals surface area contributed by atoms with Crippen molar-refractivity contribution in [1.82, 2.24) is 5.32 Å². The first-order valence-electron chi connectivity index (χ1n) is 7.04. The van der Waals surface area contributed by atoms with Crippen LogP contribution in [0.2, 0.25) is 0 Å². The second-order valence-electron chi connectivity index (χ2n) is 6.18. The largest absolute Gasteiger partial charge is 0.480 e. The second-order valence-corrected chi connectivity index (χ2v) is 6.18. The van der Waals surface area contributed by atoms with Gasteiger partial charge in [0, 0.05) is 6.42 Å². The van der Waals surface area contributed by atoms with Crippen molar-refractivity contribution in [2.45, 2.75) is 51.9 Å². The molecule has 1 aliphatic rings. The Bertz CT molecular complexity index is 522. The molecule has 0 spiro atoms. The monoisotopic (exact) mass is 291 g/mol. The average molecular weight is 291 g/mol. The van der Waals surface area contributed by atoms with Gasteiger partial charge in [-0.15, -0.1) is 0 Å². The highest BCUT2D eigenvalue weighted by Crippen LogP contribution is 2.28. The number of esters is 1. The van der Waals surface area contributed by atoms with Crippen LogP contribution in [0.25, 0.3) is 0 Å². The fourth-order valence-electron chi connectivity index (χ4n) is 2.08. The fourth-order valence-corrected chi connectivity index (χ4v) is 2.08. The van der Waals surface area contributed by atoms with Gasteiger partial charge < -0.3 is 14.8 Å². The van der Waals surface area contributed by atoms with E-state index in [4.69, 9.17) is 9.47 Å². The molecule has 0 bridgehead atoms. The summed E-state index contributed by atoms with van der Waals surface area (Å²) in [6.07, 6.45) is -0.0736. The Morgan fingerprint density at radius 1 is 1.33 bits per heavy atom. The summed E-state index contributed by atoms with van der Waals surface area (Å²) in [6.45, 7) is 6.97. The van der Waals surface area contributed by atoms with Crippen LogP contribution in [0.3, 0.4) is 0 Å². The molecule has 114 valence electrons. The molecule has 2 rings (SSSR count). The van der Waals surface area contributed by atoms with Crippen LogP contribution in [-0.2, 0) is 20.7 Å². The molecule has 1 heterocycles. The molecular weight excluding hydrogens is 270 g/mol. The number of benzene rings is 1. The molecule has 2 atom stereocenters. The van der Waals surface area contributed by atoms with Gasteiger partial charge in [0.25, 0.3) is 5.91 Å². The molecule has 0 radical (unpaired) electrons. The van der Waals surface area contributed by atoms with E-state index in [2.05, 4.69) is 5.32 Å². The number of rotatable bonds is 3. The van der Waals surface area contributed by atoms with E-state index in [-0.39, 0.29) is 5.91 Å². The minimum Gasteiger partial charge on any atom is -0.480 e. The third kappa shape index (κ3) is 3.97. The third-order valence-electron chi connectivity index (χ3n) is 3.06. The average Bonchev–Trinajstić information content (AvgIpc) is 2.80. The predicted molar refractivity (Wildman–Crippen MR) is 78.0 cm³/mol. The van der Waals surface area contributed by atoms with Crippen molar-refractivity contribution >= 4 is 11.9 Å². The molecule has 0 saturated carbocycles. The van der Waals surface area contributed by atoms with Gasteiger partial charge in [-0.05, 0) is 39.3 Å². The van der Waals surface area contributed by atoms with Crippen LogP contribution in [0.15, 0.2) is 24.3 Å². The van der Waals surface area contributed by atoms with E-state index in [0.29, 0.717) is 6.42 Å². The Morgan fingerprint density at radius 3 is 2.62 bits per heavy atom. The second kappa shape index (κ2) is 5.76. The number of amides is 1. The number of ether oxygens (including phenoxy) is 2. The van der Waals surface area contributed by atoms with Gasteiger partial charge in [-0.2, -0.15) is 0 Å². The van der Waals surface area contributed by atoms with E-state index < -0.39 is 23.7 Å². The van der Waals surface area contributed by atoms with Crippen molar-refractivity contribution in [3.63, 3.8) is 0 Å². The maximum atomic E-state index is 12.2. The molecule has 1 amide bonds. The normalized spacial score (nSPS) is 18.4. The van der Waals surface area contributed by atoms with Gasteiger partial charge in [0.2, 0.25) is 0 Å². The van der Waals surface area contributed by atoms with Gasteiger partial charge in [-0.25, -0.2) is 4.79 Å². The van der Waals surface area contributed by atoms with Crippen LogP contribution in [0.4, 0.5) is 0 Å². The lowest BCUT2D eigenvalue weighted by Crippen LogP contribution is -2.47. The standard InChI is InChI=1S/C16H21NO4/c1-10(15(19)21-16(2,3)4)17-14(18)13-9-11-7-5-6-8-12(11)20-13/h5-8,10,13H,9H2,1-4H3,(H,17,18)/t10-,13?/m0/s1. The number of carbonyl (C=O) groups excluding carboxylic acids is 2. The molecule has 5 nitrogen and oxygen atoms in total. The summed E-state index contributed by atoms with van der Waals surface area (Å²) >= 11 is 0. The summed E-state index contributed by atoms with van der Waals surface area (Å²) in [5, 5.41) is 2.64. The number of nitrogens with one attached hydrogen (secondary N) is 1. The predicted octanol–water partition coefficient (Wildman–Crippen LogP) is 1.84. The summed E-state index contributed by atoms with van der Waals surface area (Å²) in [5.41, 5.74) is 0.429. The van der Waals surface area contributed by atoms with E-state index >= 15 is 0 Å². The summed E-state index contributed by atoms with van der Waals surface area (Å²) in [5.74, 6) is -0.0292. The van der Waals surface area contributed by atoms with E-state index in [1.165, 1.54) is 0 Å². The van der Waals surface area contributed by atoms with Gasteiger partial charge in [-0.3, -0.25) is 4.79 Å². The first kappa shape index (κ1) is 15.4. The zero-order valence-electron chi connectivity index (χ0n) is 12.8. The molecule has 1 aliphatic heterocycles. The van der Waals surface area contributed by atoms with Crippen LogP contribution >= 0.6 is 0 Å². The Labute approximate surface area is 124 Å². The van der Waals surface area contributed by atoms with E-state index in [9.17, 15) is 9.59 Å². The zero-order chi connectivity index (χ0) is 15.6. The molecule has 0 saturated heterocycles. The summed E-state index contributed by atoms with van der Waals surface area (Å²) < 4.78 is 10.8. The summed E-state index contributed by atoms with van der Waals surface area (Å²) in [4.78, 5) is 24.0. The minimum atomic E-state index is -0.705. The van der Waals surface area contributed by atoms with Crippen molar-refractivity contribution in [1.29, 1.82) is 0 Å². The SMILES string of the molecule is C[C@H](NC(=O)C1Cc2ccccc2O1)C(=O)OC(C)(C)C. The van der Waals surface area contributed by atoms with Crippen LogP contribution < -0.4 is 10.1 Å². The van der Waals surface area contributed by atoms with Gasteiger partial charge in [-0.1, -0.05) is 18.2 Å². The first-order chi connectivity index (χ1) is 9.76. The van der Waals surface area contributed by atoms with Crippen molar-refractivity contribution in [3.05, 3.63) is 29.8 Å². The molecular formula is C16H21NO4. The van der Waals surface area contributed by atoms with Crippen LogP contribution in [0.5, 0.6) is 5.75 Å². The highest BCUT2D eigenvalue weighted by molar-refractivity contribution is 5.87. The minimum absolute atomic E-state index is 0.301. The van der Waals surface area contributed by atoms with Crippen LogP contribution in [0, 0.1) is 0 Å².